The van der Waals surface area contributed by atoms with Gasteiger partial charge in [0.2, 0.25) is 5.91 Å². The van der Waals surface area contributed by atoms with E-state index in [-0.39, 0.29) is 12.8 Å². The molecule has 0 saturated carbocycles. The number of hydrogen-bond donors (Lipinski definition) is 4. The van der Waals surface area contributed by atoms with Crippen molar-refractivity contribution < 1.29 is 47.8 Å². The molecule has 0 radical (unpaired) electrons. The minimum absolute atomic E-state index is 0.0900. The minimum atomic E-state index is -4.77. The van der Waals surface area contributed by atoms with E-state index in [4.69, 9.17) is 13.8 Å². The van der Waals surface area contributed by atoms with Gasteiger partial charge in [0.15, 0.2) is 6.04 Å². The van der Waals surface area contributed by atoms with Crippen molar-refractivity contribution in [3.05, 3.63) is 60.8 Å². The lowest BCUT2D eigenvalue weighted by molar-refractivity contribution is -0.147. The van der Waals surface area contributed by atoms with E-state index < -0.39 is 57.6 Å². The number of nitrogens with one attached hydrogen (secondary N) is 1. The zero-order valence-electron chi connectivity index (χ0n) is 33.3. The van der Waals surface area contributed by atoms with Gasteiger partial charge in [0, 0.05) is 12.8 Å². The number of phosphoric ester groups is 1. The fraction of sp³-hybridized carbons (Fsp3) is 0.690. The molecule has 0 aliphatic heterocycles. The molecule has 0 aromatic rings. The predicted molar refractivity (Wildman–Crippen MR) is 217 cm³/mol. The Kier molecular flexibility index (Phi) is 35.2. The summed E-state index contributed by atoms with van der Waals surface area (Å²) in [7, 11) is -4.77. The van der Waals surface area contributed by atoms with Crippen molar-refractivity contribution in [2.75, 3.05) is 19.8 Å². The summed E-state index contributed by atoms with van der Waals surface area (Å²) >= 11 is 0. The van der Waals surface area contributed by atoms with Crippen molar-refractivity contribution in [3.8, 4) is 0 Å². The van der Waals surface area contributed by atoms with Gasteiger partial charge in [-0.25, -0.2) is 9.36 Å². The summed E-state index contributed by atoms with van der Waals surface area (Å²) in [6.45, 7) is 2.41. The number of rotatable bonds is 37. The van der Waals surface area contributed by atoms with E-state index in [2.05, 4.69) is 73.8 Å². The van der Waals surface area contributed by atoms with Crippen molar-refractivity contribution in [1.82, 2.24) is 5.32 Å². The summed E-state index contributed by atoms with van der Waals surface area (Å²) < 4.78 is 26.7. The minimum Gasteiger partial charge on any atom is -0.480 e. The summed E-state index contributed by atoms with van der Waals surface area (Å²) in [4.78, 5) is 45.8. The summed E-state index contributed by atoms with van der Waals surface area (Å²) in [6.07, 6.45) is 41.1. The van der Waals surface area contributed by atoms with E-state index in [0.717, 1.165) is 77.0 Å². The smallest absolute Gasteiger partial charge is 0.472 e. The van der Waals surface area contributed by atoms with Gasteiger partial charge in [-0.15, -0.1) is 0 Å². The van der Waals surface area contributed by atoms with Crippen molar-refractivity contribution in [2.45, 2.75) is 167 Å². The number of ether oxygens (including phenoxy) is 1. The van der Waals surface area contributed by atoms with Crippen LogP contribution in [0.3, 0.4) is 0 Å². The number of carbonyl (C=O) groups excluding carboxylic acids is 2. The molecule has 0 saturated heterocycles. The lowest BCUT2D eigenvalue weighted by Crippen LogP contribution is -2.43. The van der Waals surface area contributed by atoms with Crippen LogP contribution in [-0.4, -0.2) is 64.9 Å². The Morgan fingerprint density at radius 2 is 1.07 bits per heavy atom. The van der Waals surface area contributed by atoms with Gasteiger partial charge in [-0.05, 0) is 77.0 Å². The van der Waals surface area contributed by atoms with Gasteiger partial charge in [0.05, 0.1) is 13.2 Å². The van der Waals surface area contributed by atoms with Crippen LogP contribution in [0, 0.1) is 0 Å². The van der Waals surface area contributed by atoms with Gasteiger partial charge in [0.25, 0.3) is 0 Å². The Morgan fingerprint density at radius 3 is 1.65 bits per heavy atom. The molecule has 3 atom stereocenters. The topological polar surface area (TPSA) is 169 Å². The number of esters is 1. The molecule has 4 N–H and O–H groups in total. The second-order valence-corrected chi connectivity index (χ2v) is 14.9. The van der Waals surface area contributed by atoms with Crippen molar-refractivity contribution in [2.24, 2.45) is 0 Å². The lowest BCUT2D eigenvalue weighted by atomic mass is 10.1. The molecule has 11 nitrogen and oxygen atoms in total. The third-order valence-electron chi connectivity index (χ3n) is 8.29. The van der Waals surface area contributed by atoms with Crippen LogP contribution in [0.5, 0.6) is 0 Å². The maximum Gasteiger partial charge on any atom is 0.472 e. The second-order valence-electron chi connectivity index (χ2n) is 13.4. The fourth-order valence-corrected chi connectivity index (χ4v) is 5.89. The average Bonchev–Trinajstić information content (AvgIpc) is 3.14. The zero-order chi connectivity index (χ0) is 40.0. The molecule has 0 spiro atoms. The number of amides is 1. The number of aliphatic carboxylic acids is 1. The number of unbranched alkanes of at least 4 members (excludes halogenated alkanes) is 13. The van der Waals surface area contributed by atoms with Crippen LogP contribution in [0.1, 0.15) is 155 Å². The van der Waals surface area contributed by atoms with Gasteiger partial charge in [0.1, 0.15) is 12.7 Å². The van der Waals surface area contributed by atoms with Gasteiger partial charge < -0.3 is 25.2 Å². The van der Waals surface area contributed by atoms with E-state index >= 15 is 0 Å². The monoisotopic (exact) mass is 781 g/mol. The quantitative estimate of drug-likeness (QED) is 0.0206. The van der Waals surface area contributed by atoms with Gasteiger partial charge in [-0.1, -0.05) is 126 Å². The Labute approximate surface area is 326 Å². The zero-order valence-corrected chi connectivity index (χ0v) is 34.1. The fourth-order valence-electron chi connectivity index (χ4n) is 5.12. The summed E-state index contributed by atoms with van der Waals surface area (Å²) in [5.74, 6) is -2.45. The largest absolute Gasteiger partial charge is 0.480 e. The van der Waals surface area contributed by atoms with E-state index in [1.807, 2.05) is 6.08 Å². The number of hydrogen-bond acceptors (Lipinski definition) is 8. The molecule has 1 amide bonds. The number of aliphatic hydroxyl groups excluding tert-OH is 1. The van der Waals surface area contributed by atoms with Gasteiger partial charge in [-0.2, -0.15) is 0 Å². The first-order valence-electron chi connectivity index (χ1n) is 20.3. The molecule has 310 valence electrons. The van der Waals surface area contributed by atoms with Crippen molar-refractivity contribution in [1.29, 1.82) is 0 Å². The van der Waals surface area contributed by atoms with Gasteiger partial charge in [-0.3, -0.25) is 18.6 Å². The highest BCUT2D eigenvalue weighted by atomic mass is 31.2. The molecular weight excluding hydrogens is 709 g/mol. The van der Waals surface area contributed by atoms with E-state index in [9.17, 15) is 34.1 Å². The Hall–Kier alpha value is -2.82. The molecule has 54 heavy (non-hydrogen) atoms. The first-order chi connectivity index (χ1) is 26.1. The Morgan fingerprint density at radius 1 is 0.611 bits per heavy atom. The van der Waals surface area contributed by atoms with Crippen molar-refractivity contribution in [3.63, 3.8) is 0 Å². The van der Waals surface area contributed by atoms with Crippen LogP contribution in [-0.2, 0) is 32.7 Å². The Bertz CT molecular complexity index is 1150. The number of carboxylic acids is 1. The molecule has 0 heterocycles. The second kappa shape index (κ2) is 37.1. The maximum absolute atomic E-state index is 12.3. The van der Waals surface area contributed by atoms with E-state index in [1.54, 1.807) is 0 Å². The molecule has 0 aromatic carbocycles. The van der Waals surface area contributed by atoms with E-state index in [1.165, 1.54) is 38.5 Å². The summed E-state index contributed by atoms with van der Waals surface area (Å²) in [5.41, 5.74) is 0. The molecule has 0 aliphatic carbocycles. The first kappa shape index (κ1) is 51.2. The third-order valence-corrected chi connectivity index (χ3v) is 9.24. The average molecular weight is 782 g/mol. The number of allylic oxidation sites excluding steroid dienone is 10. The standard InChI is InChI=1S/C42H72NO10P/c1-3-5-7-9-11-13-15-17-19-21-23-25-27-29-31-33-40(45)43-39(42(47)48)37-53-54(49,50)52-36-38(44)35-51-41(46)34-32-30-28-26-24-22-20-18-16-14-12-10-8-6-4-2/h5,7,11,13,17-20,23,25,38-39,44H,3-4,6,8-10,12,14-16,21-22,24,26-37H2,1-2H3,(H,43,45)(H,47,48)(H,49,50)/b7-5-,13-11-,19-17-,20-18-,25-23-. The van der Waals surface area contributed by atoms with Crippen LogP contribution >= 0.6 is 7.82 Å². The molecule has 0 aliphatic rings. The van der Waals surface area contributed by atoms with Gasteiger partial charge >= 0.3 is 19.8 Å². The molecule has 3 unspecified atom stereocenters. The predicted octanol–water partition coefficient (Wildman–Crippen LogP) is 10.00. The van der Waals surface area contributed by atoms with Crippen LogP contribution < -0.4 is 5.32 Å². The highest BCUT2D eigenvalue weighted by molar-refractivity contribution is 7.47. The van der Waals surface area contributed by atoms with Crippen LogP contribution in [0.15, 0.2) is 60.8 Å². The third kappa shape index (κ3) is 36.2. The first-order valence-corrected chi connectivity index (χ1v) is 21.8. The lowest BCUT2D eigenvalue weighted by Gasteiger charge is -2.18. The van der Waals surface area contributed by atoms with Crippen LogP contribution in [0.4, 0.5) is 0 Å². The molecule has 0 fully saturated rings. The van der Waals surface area contributed by atoms with Crippen LogP contribution in [0.25, 0.3) is 0 Å². The SMILES string of the molecule is CC/C=C\C/C=C\C/C=C\C/C=C\CCCCC(=O)NC(COP(=O)(O)OCC(O)COC(=O)CCCCCCC/C=C\CCCCCCCC)C(=O)O. The molecule has 12 heteroatoms. The molecule has 0 bridgehead atoms. The molecule has 0 rings (SSSR count). The maximum atomic E-state index is 12.3. The number of carbonyl (C=O) groups is 3. The number of carboxylic acid groups (broad SMARTS) is 1. The summed E-state index contributed by atoms with van der Waals surface area (Å²) in [6, 6.07) is -1.57. The summed E-state index contributed by atoms with van der Waals surface area (Å²) in [5, 5.41) is 21.7. The number of phosphoric acid groups is 1. The highest BCUT2D eigenvalue weighted by Crippen LogP contribution is 2.43. The molecule has 0 aromatic heterocycles. The molecular formula is C42H72NO10P. The van der Waals surface area contributed by atoms with Crippen LogP contribution in [0.2, 0.25) is 0 Å². The number of aliphatic hydroxyl groups is 1. The van der Waals surface area contributed by atoms with Crippen molar-refractivity contribution >= 4 is 25.7 Å². The normalized spacial score (nSPS) is 14.4. The van der Waals surface area contributed by atoms with E-state index in [0.29, 0.717) is 12.8 Å². The highest BCUT2D eigenvalue weighted by Gasteiger charge is 2.28. The Balaban J connectivity index is 4.02.